The molecule has 0 amide bonds. The maximum absolute atomic E-state index is 6.31. The number of hydrogen-bond donors (Lipinski definition) is 0. The molecule has 0 N–H and O–H groups in total. The summed E-state index contributed by atoms with van der Waals surface area (Å²) in [4.78, 5) is 0. The van der Waals surface area contributed by atoms with Crippen LogP contribution in [0.1, 0.15) is 37.4 Å². The van der Waals surface area contributed by atoms with Crippen molar-refractivity contribution in [1.29, 1.82) is 0 Å². The second-order valence-electron chi connectivity index (χ2n) is 5.63. The lowest BCUT2D eigenvalue weighted by Gasteiger charge is -2.31. The highest BCUT2D eigenvalue weighted by Gasteiger charge is 2.60. The zero-order valence-electron chi connectivity index (χ0n) is 9.97. The third kappa shape index (κ3) is 1.54. The molecule has 90 valence electrons. The number of rotatable bonds is 1. The van der Waals surface area contributed by atoms with Crippen LogP contribution in [0.2, 0.25) is 0 Å². The van der Waals surface area contributed by atoms with Crippen LogP contribution in [0.25, 0.3) is 0 Å². The first-order valence-corrected chi connectivity index (χ1v) is 6.74. The summed E-state index contributed by atoms with van der Waals surface area (Å²) in [6, 6.07) is 10.5. The topological polar surface area (TPSA) is 18.5 Å². The van der Waals surface area contributed by atoms with Crippen molar-refractivity contribution in [2.75, 3.05) is 6.61 Å². The highest BCUT2D eigenvalue weighted by Crippen LogP contribution is 2.59. The van der Waals surface area contributed by atoms with Crippen LogP contribution >= 0.6 is 0 Å². The highest BCUT2D eigenvalue weighted by molar-refractivity contribution is 5.19. The van der Waals surface area contributed by atoms with Crippen LogP contribution in [0.4, 0.5) is 0 Å². The van der Waals surface area contributed by atoms with Gasteiger partial charge in [-0.1, -0.05) is 30.3 Å². The molecule has 3 fully saturated rings. The summed E-state index contributed by atoms with van der Waals surface area (Å²) in [5, 5.41) is 0. The Morgan fingerprint density at radius 3 is 2.94 bits per heavy atom. The predicted molar refractivity (Wildman–Crippen MR) is 64.4 cm³/mol. The van der Waals surface area contributed by atoms with Crippen LogP contribution in [-0.2, 0) is 9.47 Å². The quantitative estimate of drug-likeness (QED) is 0.737. The maximum Gasteiger partial charge on any atom is 0.172 e. The van der Waals surface area contributed by atoms with E-state index in [1.165, 1.54) is 24.8 Å². The minimum Gasteiger partial charge on any atom is -0.347 e. The molecule has 0 radical (unpaired) electrons. The maximum atomic E-state index is 6.31. The van der Waals surface area contributed by atoms with Crippen molar-refractivity contribution in [2.24, 2.45) is 11.8 Å². The van der Waals surface area contributed by atoms with Crippen LogP contribution < -0.4 is 0 Å². The van der Waals surface area contributed by atoms with Gasteiger partial charge >= 0.3 is 0 Å². The van der Waals surface area contributed by atoms with Crippen molar-refractivity contribution in [1.82, 2.24) is 0 Å². The SMILES string of the molecule is c1ccc(C2COC3(CCCC4CC43)O2)cc1. The molecule has 17 heavy (non-hydrogen) atoms. The third-order valence-corrected chi connectivity index (χ3v) is 4.58. The zero-order valence-corrected chi connectivity index (χ0v) is 9.97. The Kier molecular flexibility index (Phi) is 2.12. The van der Waals surface area contributed by atoms with Gasteiger partial charge in [-0.05, 0) is 30.7 Å². The van der Waals surface area contributed by atoms with Crippen molar-refractivity contribution in [2.45, 2.75) is 37.6 Å². The van der Waals surface area contributed by atoms with Gasteiger partial charge < -0.3 is 9.47 Å². The molecule has 4 unspecified atom stereocenters. The second kappa shape index (κ2) is 3.56. The molecule has 2 heteroatoms. The molecule has 1 aliphatic heterocycles. The van der Waals surface area contributed by atoms with E-state index in [1.54, 1.807) is 0 Å². The Balaban J connectivity index is 1.56. The summed E-state index contributed by atoms with van der Waals surface area (Å²) in [5.41, 5.74) is 1.26. The lowest BCUT2D eigenvalue weighted by Crippen LogP contribution is -2.36. The zero-order chi connectivity index (χ0) is 11.3. The Labute approximate surface area is 102 Å². The van der Waals surface area contributed by atoms with E-state index in [-0.39, 0.29) is 11.9 Å². The van der Waals surface area contributed by atoms with Gasteiger partial charge in [0.1, 0.15) is 6.10 Å². The summed E-state index contributed by atoms with van der Waals surface area (Å²) in [5.74, 6) is 1.35. The summed E-state index contributed by atoms with van der Waals surface area (Å²) in [6.45, 7) is 0.729. The van der Waals surface area contributed by atoms with Gasteiger partial charge in [0.05, 0.1) is 6.61 Å². The number of hydrogen-bond acceptors (Lipinski definition) is 2. The van der Waals surface area contributed by atoms with Gasteiger partial charge in [0.15, 0.2) is 5.79 Å². The Morgan fingerprint density at radius 2 is 2.06 bits per heavy atom. The van der Waals surface area contributed by atoms with Gasteiger partial charge in [-0.3, -0.25) is 0 Å². The minimum atomic E-state index is -0.219. The first-order valence-electron chi connectivity index (χ1n) is 6.74. The molecular formula is C15H18O2. The van der Waals surface area contributed by atoms with Crippen LogP contribution in [-0.4, -0.2) is 12.4 Å². The molecule has 2 aliphatic carbocycles. The summed E-state index contributed by atoms with van der Waals surface area (Å²) in [7, 11) is 0. The number of ether oxygens (including phenoxy) is 2. The molecular weight excluding hydrogens is 212 g/mol. The van der Waals surface area contributed by atoms with E-state index in [1.807, 2.05) is 6.07 Å². The van der Waals surface area contributed by atoms with E-state index in [0.29, 0.717) is 5.92 Å². The van der Waals surface area contributed by atoms with Crippen molar-refractivity contribution in [3.05, 3.63) is 35.9 Å². The first-order chi connectivity index (χ1) is 8.37. The molecule has 1 saturated heterocycles. The monoisotopic (exact) mass is 230 g/mol. The van der Waals surface area contributed by atoms with Crippen molar-refractivity contribution >= 4 is 0 Å². The van der Waals surface area contributed by atoms with E-state index in [4.69, 9.17) is 9.47 Å². The second-order valence-corrected chi connectivity index (χ2v) is 5.63. The highest BCUT2D eigenvalue weighted by atomic mass is 16.7. The smallest absolute Gasteiger partial charge is 0.172 e. The van der Waals surface area contributed by atoms with Crippen LogP contribution in [0.15, 0.2) is 30.3 Å². The summed E-state index contributed by atoms with van der Waals surface area (Å²) < 4.78 is 12.4. The van der Waals surface area contributed by atoms with Gasteiger partial charge in [-0.2, -0.15) is 0 Å². The predicted octanol–water partition coefficient (Wildman–Crippen LogP) is 3.29. The first kappa shape index (κ1) is 10.1. The summed E-state index contributed by atoms with van der Waals surface area (Å²) >= 11 is 0. The Bertz CT molecular complexity index is 416. The molecule has 4 rings (SSSR count). The minimum absolute atomic E-state index is 0.149. The Hall–Kier alpha value is -0.860. The number of benzene rings is 1. The lowest BCUT2D eigenvalue weighted by atomic mass is 9.94. The van der Waals surface area contributed by atoms with E-state index < -0.39 is 0 Å². The lowest BCUT2D eigenvalue weighted by molar-refractivity contribution is -0.199. The van der Waals surface area contributed by atoms with Crippen LogP contribution in [0, 0.1) is 11.8 Å². The molecule has 2 saturated carbocycles. The average Bonchev–Trinajstić information content (AvgIpc) is 3.07. The molecule has 4 atom stereocenters. The van der Waals surface area contributed by atoms with Gasteiger partial charge in [-0.25, -0.2) is 0 Å². The molecule has 1 aromatic rings. The average molecular weight is 230 g/mol. The van der Waals surface area contributed by atoms with E-state index in [2.05, 4.69) is 24.3 Å². The largest absolute Gasteiger partial charge is 0.347 e. The van der Waals surface area contributed by atoms with Crippen LogP contribution in [0.5, 0.6) is 0 Å². The standard InChI is InChI=1S/C15H18O2/c1-2-5-11(6-3-1)14-10-16-15(17-14)8-4-7-12-9-13(12)15/h1-3,5-6,12-14H,4,7-10H2. The molecule has 0 bridgehead atoms. The van der Waals surface area contributed by atoms with E-state index >= 15 is 0 Å². The molecule has 1 spiro atoms. The Morgan fingerprint density at radius 1 is 1.18 bits per heavy atom. The van der Waals surface area contributed by atoms with Gasteiger partial charge in [0.2, 0.25) is 0 Å². The van der Waals surface area contributed by atoms with Gasteiger partial charge in [-0.15, -0.1) is 0 Å². The van der Waals surface area contributed by atoms with Gasteiger partial charge in [0, 0.05) is 12.3 Å². The third-order valence-electron chi connectivity index (χ3n) is 4.58. The summed E-state index contributed by atoms with van der Waals surface area (Å²) in [6.07, 6.45) is 5.21. The van der Waals surface area contributed by atoms with Crippen LogP contribution in [0.3, 0.4) is 0 Å². The molecule has 0 aromatic heterocycles. The van der Waals surface area contributed by atoms with Gasteiger partial charge in [0.25, 0.3) is 0 Å². The fourth-order valence-corrected chi connectivity index (χ4v) is 3.58. The van der Waals surface area contributed by atoms with Crippen molar-refractivity contribution < 1.29 is 9.47 Å². The molecule has 1 aromatic carbocycles. The van der Waals surface area contributed by atoms with E-state index in [0.717, 1.165) is 18.9 Å². The fourth-order valence-electron chi connectivity index (χ4n) is 3.58. The van der Waals surface area contributed by atoms with E-state index in [9.17, 15) is 0 Å². The fraction of sp³-hybridized carbons (Fsp3) is 0.600. The molecule has 2 nitrogen and oxygen atoms in total. The number of fused-ring (bicyclic) bond motifs is 2. The normalized spacial score (nSPS) is 43.6. The molecule has 3 aliphatic rings. The van der Waals surface area contributed by atoms with Crippen molar-refractivity contribution in [3.63, 3.8) is 0 Å². The van der Waals surface area contributed by atoms with Crippen molar-refractivity contribution in [3.8, 4) is 0 Å². The molecule has 1 heterocycles.